The third kappa shape index (κ3) is 1.31. The monoisotopic (exact) mass is 177 g/mol. The molecule has 1 aliphatic rings. The van der Waals surface area contributed by atoms with Gasteiger partial charge in [0.2, 0.25) is 0 Å². The van der Waals surface area contributed by atoms with Crippen molar-refractivity contribution in [3.05, 3.63) is 29.8 Å². The summed E-state index contributed by atoms with van der Waals surface area (Å²) in [6, 6.07) is 7.47. The highest BCUT2D eigenvalue weighted by Crippen LogP contribution is 2.53. The fourth-order valence-electron chi connectivity index (χ4n) is 1.99. The minimum absolute atomic E-state index is 0.266. The van der Waals surface area contributed by atoms with E-state index in [0.717, 1.165) is 6.54 Å². The predicted octanol–water partition coefficient (Wildman–Crippen LogP) is 1.63. The molecule has 1 fully saturated rings. The molecular formula is C11H15NO. The van der Waals surface area contributed by atoms with Crippen LogP contribution in [0, 0.1) is 5.92 Å². The molecule has 1 aromatic rings. The van der Waals surface area contributed by atoms with Crippen LogP contribution in [0.2, 0.25) is 0 Å². The minimum Gasteiger partial charge on any atom is -0.508 e. The minimum atomic E-state index is 0.266. The zero-order valence-corrected chi connectivity index (χ0v) is 7.83. The van der Waals surface area contributed by atoms with Crippen LogP contribution in [-0.4, -0.2) is 11.7 Å². The summed E-state index contributed by atoms with van der Waals surface area (Å²) >= 11 is 0. The first-order chi connectivity index (χ1) is 6.16. The molecule has 1 unspecified atom stereocenters. The first-order valence-electron chi connectivity index (χ1n) is 4.66. The molecule has 0 amide bonds. The van der Waals surface area contributed by atoms with Gasteiger partial charge < -0.3 is 10.8 Å². The van der Waals surface area contributed by atoms with Crippen LogP contribution in [0.15, 0.2) is 24.3 Å². The van der Waals surface area contributed by atoms with E-state index in [2.05, 4.69) is 6.92 Å². The SMILES string of the molecule is CC1(c2ccc(O)cc2)C[C@H]1CN. The lowest BCUT2D eigenvalue weighted by Crippen LogP contribution is -2.11. The largest absolute Gasteiger partial charge is 0.508 e. The van der Waals surface area contributed by atoms with Crippen LogP contribution in [0.1, 0.15) is 18.9 Å². The van der Waals surface area contributed by atoms with E-state index in [9.17, 15) is 0 Å². The molecule has 0 aromatic heterocycles. The highest BCUT2D eigenvalue weighted by atomic mass is 16.3. The quantitative estimate of drug-likeness (QED) is 0.721. The number of nitrogens with two attached hydrogens (primary N) is 1. The van der Waals surface area contributed by atoms with Gasteiger partial charge in [-0.1, -0.05) is 19.1 Å². The normalized spacial score (nSPS) is 31.7. The second-order valence-corrected chi connectivity index (χ2v) is 4.10. The summed E-state index contributed by atoms with van der Waals surface area (Å²) < 4.78 is 0. The van der Waals surface area contributed by atoms with Gasteiger partial charge in [0, 0.05) is 0 Å². The molecule has 1 aliphatic carbocycles. The first-order valence-corrected chi connectivity index (χ1v) is 4.66. The first kappa shape index (κ1) is 8.57. The molecule has 0 heterocycles. The van der Waals surface area contributed by atoms with Gasteiger partial charge >= 0.3 is 0 Å². The number of phenols is 1. The molecule has 13 heavy (non-hydrogen) atoms. The van der Waals surface area contributed by atoms with Gasteiger partial charge in [-0.2, -0.15) is 0 Å². The molecule has 2 nitrogen and oxygen atoms in total. The van der Waals surface area contributed by atoms with Gasteiger partial charge in [-0.3, -0.25) is 0 Å². The molecule has 0 radical (unpaired) electrons. The number of rotatable bonds is 2. The van der Waals surface area contributed by atoms with E-state index in [0.29, 0.717) is 11.7 Å². The van der Waals surface area contributed by atoms with Crippen LogP contribution < -0.4 is 5.73 Å². The average Bonchev–Trinajstić information content (AvgIpc) is 2.80. The molecule has 0 aliphatic heterocycles. The number of aromatic hydroxyl groups is 1. The Bertz CT molecular complexity index is 306. The third-order valence-electron chi connectivity index (χ3n) is 3.22. The van der Waals surface area contributed by atoms with Gasteiger partial charge in [0.15, 0.2) is 0 Å². The van der Waals surface area contributed by atoms with Crippen LogP contribution in [0.25, 0.3) is 0 Å². The lowest BCUT2D eigenvalue weighted by Gasteiger charge is -2.10. The Kier molecular flexibility index (Phi) is 1.81. The average molecular weight is 177 g/mol. The Balaban J connectivity index is 2.23. The molecule has 0 bridgehead atoms. The fraction of sp³-hybridized carbons (Fsp3) is 0.455. The van der Waals surface area contributed by atoms with Crippen LogP contribution >= 0.6 is 0 Å². The van der Waals surface area contributed by atoms with Gasteiger partial charge in [0.1, 0.15) is 5.75 Å². The molecule has 0 spiro atoms. The van der Waals surface area contributed by atoms with E-state index in [1.54, 1.807) is 12.1 Å². The molecule has 3 N–H and O–H groups in total. The van der Waals surface area contributed by atoms with Crippen molar-refractivity contribution in [3.8, 4) is 5.75 Å². The molecule has 2 heteroatoms. The van der Waals surface area contributed by atoms with E-state index in [4.69, 9.17) is 10.8 Å². The molecule has 2 rings (SSSR count). The number of hydrogen-bond acceptors (Lipinski definition) is 2. The molecule has 70 valence electrons. The Hall–Kier alpha value is -1.02. The molecule has 2 atom stereocenters. The molecule has 0 saturated heterocycles. The van der Waals surface area contributed by atoms with Crippen molar-refractivity contribution >= 4 is 0 Å². The molecule has 1 saturated carbocycles. The second-order valence-electron chi connectivity index (χ2n) is 4.10. The van der Waals surface area contributed by atoms with Gasteiger partial charge in [0.25, 0.3) is 0 Å². The number of hydrogen-bond donors (Lipinski definition) is 2. The number of phenolic OH excluding ortho intramolecular Hbond substituents is 1. The van der Waals surface area contributed by atoms with Gasteiger partial charge in [-0.05, 0) is 42.0 Å². The summed E-state index contributed by atoms with van der Waals surface area (Å²) in [5, 5.41) is 9.14. The summed E-state index contributed by atoms with van der Waals surface area (Å²) in [5.41, 5.74) is 7.19. The summed E-state index contributed by atoms with van der Waals surface area (Å²) in [6.45, 7) is 2.99. The van der Waals surface area contributed by atoms with Gasteiger partial charge in [0.05, 0.1) is 0 Å². The second kappa shape index (κ2) is 2.74. The number of benzene rings is 1. The van der Waals surface area contributed by atoms with Crippen molar-refractivity contribution in [1.82, 2.24) is 0 Å². The van der Waals surface area contributed by atoms with E-state index < -0.39 is 0 Å². The summed E-state index contributed by atoms with van der Waals surface area (Å²) in [4.78, 5) is 0. The zero-order valence-electron chi connectivity index (χ0n) is 7.83. The summed E-state index contributed by atoms with van der Waals surface area (Å²) in [6.07, 6.45) is 1.17. The summed E-state index contributed by atoms with van der Waals surface area (Å²) in [7, 11) is 0. The maximum Gasteiger partial charge on any atom is 0.115 e. The highest BCUT2D eigenvalue weighted by molar-refractivity contribution is 5.36. The van der Waals surface area contributed by atoms with Crippen molar-refractivity contribution < 1.29 is 5.11 Å². The smallest absolute Gasteiger partial charge is 0.115 e. The zero-order chi connectivity index (χ0) is 9.47. The predicted molar refractivity (Wildman–Crippen MR) is 52.6 cm³/mol. The Morgan fingerprint density at radius 2 is 2.08 bits per heavy atom. The van der Waals surface area contributed by atoms with Crippen LogP contribution in [0.4, 0.5) is 0 Å². The lowest BCUT2D eigenvalue weighted by atomic mass is 9.95. The topological polar surface area (TPSA) is 46.2 Å². The molecule has 1 aromatic carbocycles. The Labute approximate surface area is 78.4 Å². The fourth-order valence-corrected chi connectivity index (χ4v) is 1.99. The van der Waals surface area contributed by atoms with E-state index in [1.807, 2.05) is 12.1 Å². The Morgan fingerprint density at radius 1 is 1.46 bits per heavy atom. The standard InChI is InChI=1S/C11H15NO/c1-11(6-9(11)7-12)8-2-4-10(13)5-3-8/h2-5,9,13H,6-7,12H2,1H3/t9-,11?/m0/s1. The van der Waals surface area contributed by atoms with Crippen LogP contribution in [-0.2, 0) is 5.41 Å². The van der Waals surface area contributed by atoms with Crippen molar-refractivity contribution in [2.75, 3.05) is 6.54 Å². The third-order valence-corrected chi connectivity index (χ3v) is 3.22. The Morgan fingerprint density at radius 3 is 2.54 bits per heavy atom. The summed E-state index contributed by atoms with van der Waals surface area (Å²) in [5.74, 6) is 0.953. The van der Waals surface area contributed by atoms with E-state index in [-0.39, 0.29) is 5.41 Å². The van der Waals surface area contributed by atoms with Gasteiger partial charge in [-0.15, -0.1) is 0 Å². The van der Waals surface area contributed by atoms with E-state index in [1.165, 1.54) is 12.0 Å². The van der Waals surface area contributed by atoms with Crippen molar-refractivity contribution in [1.29, 1.82) is 0 Å². The van der Waals surface area contributed by atoms with Crippen molar-refractivity contribution in [3.63, 3.8) is 0 Å². The highest BCUT2D eigenvalue weighted by Gasteiger charge is 2.49. The maximum absolute atomic E-state index is 9.14. The molecular weight excluding hydrogens is 162 g/mol. The van der Waals surface area contributed by atoms with Crippen LogP contribution in [0.5, 0.6) is 5.75 Å². The van der Waals surface area contributed by atoms with E-state index >= 15 is 0 Å². The van der Waals surface area contributed by atoms with Crippen molar-refractivity contribution in [2.24, 2.45) is 11.7 Å². The maximum atomic E-state index is 9.14. The van der Waals surface area contributed by atoms with Crippen molar-refractivity contribution in [2.45, 2.75) is 18.8 Å². The van der Waals surface area contributed by atoms with Gasteiger partial charge in [-0.25, -0.2) is 0 Å². The lowest BCUT2D eigenvalue weighted by molar-refractivity contribution is 0.474. The van der Waals surface area contributed by atoms with Crippen LogP contribution in [0.3, 0.4) is 0 Å².